The van der Waals surface area contributed by atoms with Crippen molar-refractivity contribution in [2.75, 3.05) is 29.9 Å². The highest BCUT2D eigenvalue weighted by atomic mass is 16.5. The molecule has 4 rings (SSSR count). The van der Waals surface area contributed by atoms with Crippen LogP contribution in [0.4, 0.5) is 11.6 Å². The van der Waals surface area contributed by atoms with Gasteiger partial charge >= 0.3 is 0 Å². The minimum absolute atomic E-state index is 0.277. The average Bonchev–Trinajstić information content (AvgIpc) is 3.22. The summed E-state index contributed by atoms with van der Waals surface area (Å²) < 4.78 is 0. The predicted octanol–water partition coefficient (Wildman–Crippen LogP) is 1.71. The molecule has 1 aromatic carbocycles. The van der Waals surface area contributed by atoms with Gasteiger partial charge in [-0.2, -0.15) is 0 Å². The molecule has 0 aliphatic carbocycles. The van der Waals surface area contributed by atoms with Crippen LogP contribution in [0.25, 0.3) is 0 Å². The van der Waals surface area contributed by atoms with Crippen LogP contribution in [-0.4, -0.2) is 58.4 Å². The zero-order chi connectivity index (χ0) is 17.6. The molecule has 0 radical (unpaired) electrons. The number of rotatable bonds is 3. The molecular weight excluding hydrogens is 318 g/mol. The van der Waals surface area contributed by atoms with Gasteiger partial charge in [-0.3, -0.25) is 10.0 Å². The molecule has 2 aromatic rings. The molecule has 3 heterocycles. The first kappa shape index (κ1) is 15.8. The number of nitrogens with zero attached hydrogens (tertiary/aromatic N) is 5. The smallest absolute Gasteiger partial charge is 0.280 e. The van der Waals surface area contributed by atoms with Crippen molar-refractivity contribution >= 4 is 17.5 Å². The number of benzene rings is 1. The number of hydroxylamine groups is 2. The van der Waals surface area contributed by atoms with Crippen LogP contribution in [0.2, 0.25) is 0 Å². The first-order valence-corrected chi connectivity index (χ1v) is 8.42. The van der Waals surface area contributed by atoms with E-state index in [2.05, 4.69) is 51.0 Å². The van der Waals surface area contributed by atoms with E-state index in [0.29, 0.717) is 23.1 Å². The van der Waals surface area contributed by atoms with Crippen molar-refractivity contribution in [3.8, 4) is 0 Å². The maximum absolute atomic E-state index is 11.7. The Kier molecular flexibility index (Phi) is 3.80. The molecule has 1 N–H and O–H groups in total. The van der Waals surface area contributed by atoms with Gasteiger partial charge < -0.3 is 9.80 Å². The van der Waals surface area contributed by atoms with Gasteiger partial charge in [0, 0.05) is 44.3 Å². The molecule has 7 nitrogen and oxygen atoms in total. The predicted molar refractivity (Wildman–Crippen MR) is 94.0 cm³/mol. The molecule has 2 bridgehead atoms. The Morgan fingerprint density at radius 3 is 2.28 bits per heavy atom. The van der Waals surface area contributed by atoms with Crippen LogP contribution in [0.5, 0.6) is 0 Å². The summed E-state index contributed by atoms with van der Waals surface area (Å²) in [5, 5.41) is 9.75. The molecule has 7 heteroatoms. The number of aryl methyl sites for hydroxylation is 1. The summed E-state index contributed by atoms with van der Waals surface area (Å²) >= 11 is 0. The van der Waals surface area contributed by atoms with E-state index in [-0.39, 0.29) is 5.56 Å². The third kappa shape index (κ3) is 2.80. The van der Waals surface area contributed by atoms with Crippen molar-refractivity contribution in [1.82, 2.24) is 15.0 Å². The monoisotopic (exact) mass is 339 g/mol. The van der Waals surface area contributed by atoms with Crippen molar-refractivity contribution in [3.05, 3.63) is 47.8 Å². The van der Waals surface area contributed by atoms with Crippen molar-refractivity contribution in [3.63, 3.8) is 0 Å². The van der Waals surface area contributed by atoms with E-state index in [4.69, 9.17) is 0 Å². The fraction of sp³-hybridized carbons (Fsp3) is 0.389. The van der Waals surface area contributed by atoms with Crippen LogP contribution < -0.4 is 9.80 Å². The zero-order valence-corrected chi connectivity index (χ0v) is 14.3. The Labute approximate surface area is 146 Å². The molecule has 2 fully saturated rings. The van der Waals surface area contributed by atoms with E-state index in [0.717, 1.165) is 19.5 Å². The number of carbonyl (C=O) groups excluding carboxylic acids is 1. The quantitative estimate of drug-likeness (QED) is 0.678. The lowest BCUT2D eigenvalue weighted by molar-refractivity contribution is -0.0375. The second-order valence-electron chi connectivity index (χ2n) is 6.78. The van der Waals surface area contributed by atoms with Gasteiger partial charge in [0.25, 0.3) is 5.91 Å². The van der Waals surface area contributed by atoms with Crippen molar-refractivity contribution in [2.24, 2.45) is 0 Å². The summed E-state index contributed by atoms with van der Waals surface area (Å²) in [4.78, 5) is 25.0. The van der Waals surface area contributed by atoms with Crippen LogP contribution in [0.1, 0.15) is 22.3 Å². The van der Waals surface area contributed by atoms with Gasteiger partial charge in [0.1, 0.15) is 0 Å². The van der Waals surface area contributed by atoms with Crippen LogP contribution in [-0.2, 0) is 0 Å². The van der Waals surface area contributed by atoms with Gasteiger partial charge in [-0.15, -0.1) is 0 Å². The maximum atomic E-state index is 11.7. The highest BCUT2D eigenvalue weighted by molar-refractivity contribution is 5.92. The molecule has 2 unspecified atom stereocenters. The van der Waals surface area contributed by atoms with E-state index >= 15 is 0 Å². The summed E-state index contributed by atoms with van der Waals surface area (Å²) in [6, 6.07) is 9.51. The fourth-order valence-corrected chi connectivity index (χ4v) is 3.73. The number of hydrogen-bond donors (Lipinski definition) is 1. The molecule has 0 spiro atoms. The van der Waals surface area contributed by atoms with Gasteiger partial charge in [0.15, 0.2) is 0 Å². The second-order valence-corrected chi connectivity index (χ2v) is 6.78. The number of aromatic nitrogens is 2. The Hall–Kier alpha value is -2.67. The van der Waals surface area contributed by atoms with Crippen LogP contribution >= 0.6 is 0 Å². The van der Waals surface area contributed by atoms with E-state index in [1.165, 1.54) is 30.7 Å². The molecule has 130 valence electrons. The van der Waals surface area contributed by atoms with Gasteiger partial charge in [0.2, 0.25) is 5.95 Å². The van der Waals surface area contributed by atoms with Gasteiger partial charge in [-0.05, 0) is 25.5 Å². The standard InChI is InChI=1S/C18H21N5O2/c1-12-3-5-14(6-4-12)22-10-16-7-15(22)11-23(16)18-19-8-13(9-20-18)17(24)21(2)25/h3-6,8-9,15-16,25H,7,10-11H2,1-2H3. The number of amides is 1. The summed E-state index contributed by atoms with van der Waals surface area (Å²) in [6.07, 6.45) is 4.04. The summed E-state index contributed by atoms with van der Waals surface area (Å²) in [7, 11) is 1.29. The minimum atomic E-state index is -0.514. The molecule has 1 amide bonds. The van der Waals surface area contributed by atoms with Crippen LogP contribution in [0.3, 0.4) is 0 Å². The number of hydrogen-bond acceptors (Lipinski definition) is 6. The lowest BCUT2D eigenvalue weighted by atomic mass is 10.2. The summed E-state index contributed by atoms with van der Waals surface area (Å²) in [5.41, 5.74) is 2.82. The lowest BCUT2D eigenvalue weighted by Gasteiger charge is -2.35. The summed E-state index contributed by atoms with van der Waals surface area (Å²) in [6.45, 7) is 3.94. The van der Waals surface area contributed by atoms with Gasteiger partial charge in [0.05, 0.1) is 11.6 Å². The molecule has 1 aromatic heterocycles. The topological polar surface area (TPSA) is 72.8 Å². The first-order valence-electron chi connectivity index (χ1n) is 8.42. The fourth-order valence-electron chi connectivity index (χ4n) is 3.73. The Bertz CT molecular complexity index is 775. The van der Waals surface area contributed by atoms with E-state index in [1.54, 1.807) is 0 Å². The van der Waals surface area contributed by atoms with Gasteiger partial charge in [-0.25, -0.2) is 15.0 Å². The molecule has 2 atom stereocenters. The van der Waals surface area contributed by atoms with Crippen molar-refractivity contribution < 1.29 is 10.0 Å². The van der Waals surface area contributed by atoms with E-state index in [1.807, 2.05) is 0 Å². The average molecular weight is 339 g/mol. The normalized spacial score (nSPS) is 21.7. The third-order valence-electron chi connectivity index (χ3n) is 5.04. The number of carbonyl (C=O) groups is 1. The Balaban J connectivity index is 1.47. The molecule has 2 aliphatic rings. The lowest BCUT2D eigenvalue weighted by Crippen LogP contribution is -2.47. The van der Waals surface area contributed by atoms with E-state index in [9.17, 15) is 10.0 Å². The SMILES string of the molecule is Cc1ccc(N2CC3CC2CN3c2ncc(C(=O)N(C)O)cn2)cc1. The molecular formula is C18H21N5O2. The van der Waals surface area contributed by atoms with Crippen molar-refractivity contribution in [2.45, 2.75) is 25.4 Å². The molecule has 2 aliphatic heterocycles. The Morgan fingerprint density at radius 2 is 1.72 bits per heavy atom. The number of fused-ring (bicyclic) bond motifs is 2. The largest absolute Gasteiger partial charge is 0.365 e. The van der Waals surface area contributed by atoms with Crippen LogP contribution in [0.15, 0.2) is 36.7 Å². The number of anilines is 2. The second kappa shape index (κ2) is 6.00. The third-order valence-corrected chi connectivity index (χ3v) is 5.04. The molecule has 25 heavy (non-hydrogen) atoms. The van der Waals surface area contributed by atoms with Crippen LogP contribution in [0, 0.1) is 6.92 Å². The van der Waals surface area contributed by atoms with Gasteiger partial charge in [-0.1, -0.05) is 17.7 Å². The number of piperazine rings is 1. The maximum Gasteiger partial charge on any atom is 0.280 e. The molecule has 0 saturated carbocycles. The van der Waals surface area contributed by atoms with E-state index < -0.39 is 5.91 Å². The molecule has 2 saturated heterocycles. The first-order chi connectivity index (χ1) is 12.0. The summed E-state index contributed by atoms with van der Waals surface area (Å²) in [5.74, 6) is 0.133. The van der Waals surface area contributed by atoms with Crippen molar-refractivity contribution in [1.29, 1.82) is 0 Å². The Morgan fingerprint density at radius 1 is 1.12 bits per heavy atom. The minimum Gasteiger partial charge on any atom is -0.365 e. The highest BCUT2D eigenvalue weighted by Crippen LogP contribution is 2.36. The zero-order valence-electron chi connectivity index (χ0n) is 14.3. The highest BCUT2D eigenvalue weighted by Gasteiger charge is 2.44.